The topological polar surface area (TPSA) is 84.3 Å². The molecule has 7 nitrogen and oxygen atoms in total. The zero-order valence-corrected chi connectivity index (χ0v) is 19.4. The van der Waals surface area contributed by atoms with Gasteiger partial charge in [0.2, 0.25) is 0 Å². The summed E-state index contributed by atoms with van der Waals surface area (Å²) in [6, 6.07) is 24.4. The van der Waals surface area contributed by atoms with E-state index in [1.165, 1.54) is 4.31 Å². The Balaban J connectivity index is 1.62. The average Bonchev–Trinajstić information content (AvgIpc) is 3.40. The predicted molar refractivity (Wildman–Crippen MR) is 132 cm³/mol. The van der Waals surface area contributed by atoms with Crippen molar-refractivity contribution in [1.82, 2.24) is 14.9 Å². The number of imidazole rings is 1. The first kappa shape index (κ1) is 23.3. The minimum absolute atomic E-state index is 0.100. The highest BCUT2D eigenvalue weighted by atomic mass is 32.2. The molecule has 0 aliphatic rings. The zero-order chi connectivity index (χ0) is 23.8. The van der Waals surface area contributed by atoms with Crippen LogP contribution in [0.3, 0.4) is 0 Å². The summed E-state index contributed by atoms with van der Waals surface area (Å²) in [5.74, 6) is -0.317. The fraction of sp³-hybridized carbons (Fsp3) is 0.154. The van der Waals surface area contributed by atoms with Gasteiger partial charge in [0.1, 0.15) is 0 Å². The van der Waals surface area contributed by atoms with Gasteiger partial charge in [0.15, 0.2) is 0 Å². The Hall–Kier alpha value is -3.91. The molecule has 1 aromatic heterocycles. The van der Waals surface area contributed by atoms with Gasteiger partial charge < -0.3 is 9.88 Å². The molecule has 3 aromatic carbocycles. The summed E-state index contributed by atoms with van der Waals surface area (Å²) in [5.41, 5.74) is 1.46. The van der Waals surface area contributed by atoms with Crippen molar-refractivity contribution in [1.29, 1.82) is 0 Å². The van der Waals surface area contributed by atoms with Crippen LogP contribution in [0.5, 0.6) is 0 Å². The predicted octanol–water partition coefficient (Wildman–Crippen LogP) is 4.10. The largest absolute Gasteiger partial charge is 0.352 e. The first-order valence-electron chi connectivity index (χ1n) is 11.0. The summed E-state index contributed by atoms with van der Waals surface area (Å²) in [5, 5.41) is 2.92. The second-order valence-corrected chi connectivity index (χ2v) is 9.60. The fourth-order valence-electron chi connectivity index (χ4n) is 3.63. The molecule has 0 bridgehead atoms. The van der Waals surface area contributed by atoms with Crippen LogP contribution < -0.4 is 9.62 Å². The van der Waals surface area contributed by atoms with Crippen LogP contribution in [0, 0.1) is 0 Å². The number of aryl methyl sites for hydroxylation is 1. The lowest BCUT2D eigenvalue weighted by Gasteiger charge is -2.26. The summed E-state index contributed by atoms with van der Waals surface area (Å²) < 4.78 is 30.6. The maximum atomic E-state index is 13.7. The number of nitrogens with one attached hydrogen (secondary N) is 1. The van der Waals surface area contributed by atoms with Crippen LogP contribution in [-0.4, -0.2) is 30.4 Å². The van der Waals surface area contributed by atoms with Crippen LogP contribution in [0.25, 0.3) is 0 Å². The Labute approximate surface area is 199 Å². The molecular weight excluding hydrogens is 448 g/mol. The first-order chi connectivity index (χ1) is 16.6. The molecule has 4 rings (SSSR count). The molecular formula is C26H26N4O3S. The molecule has 1 amide bonds. The number of sulfonamides is 1. The van der Waals surface area contributed by atoms with E-state index in [1.54, 1.807) is 67.1 Å². The number of hydrogen-bond donors (Lipinski definition) is 1. The van der Waals surface area contributed by atoms with Crippen LogP contribution in [0.4, 0.5) is 5.69 Å². The van der Waals surface area contributed by atoms with Gasteiger partial charge in [-0.05, 0) is 36.2 Å². The lowest BCUT2D eigenvalue weighted by Crippen LogP contribution is -2.34. The number of carbonyl (C=O) groups excluding carboxylic acids is 1. The summed E-state index contributed by atoms with van der Waals surface area (Å²) in [6.07, 6.45) is 6.03. The average molecular weight is 475 g/mol. The molecule has 0 aliphatic carbocycles. The van der Waals surface area contributed by atoms with E-state index in [9.17, 15) is 13.2 Å². The van der Waals surface area contributed by atoms with E-state index in [-0.39, 0.29) is 17.3 Å². The molecule has 174 valence electrons. The number of carbonyl (C=O) groups is 1. The van der Waals surface area contributed by atoms with Gasteiger partial charge in [0, 0.05) is 25.5 Å². The number of nitrogens with zero attached hydrogens (tertiary/aromatic N) is 3. The van der Waals surface area contributed by atoms with Gasteiger partial charge in [-0.2, -0.15) is 0 Å². The van der Waals surface area contributed by atoms with Crippen molar-refractivity contribution >= 4 is 21.6 Å². The standard InChI is InChI=1S/C26H26N4O3S/c31-26(28-16-9-18-29-19-17-27-21-29)24-14-7-8-15-25(24)30(20-22-10-3-1-4-11-22)34(32,33)23-12-5-2-6-13-23/h1-8,10-15,17,19,21H,9,16,18,20H2,(H,28,31). The van der Waals surface area contributed by atoms with Crippen molar-refractivity contribution in [3.8, 4) is 0 Å². The number of anilines is 1. The highest BCUT2D eigenvalue weighted by Crippen LogP contribution is 2.29. The monoisotopic (exact) mass is 474 g/mol. The van der Waals surface area contributed by atoms with Gasteiger partial charge in [-0.15, -0.1) is 0 Å². The SMILES string of the molecule is O=C(NCCCn1ccnc1)c1ccccc1N(Cc1ccccc1)S(=O)(=O)c1ccccc1. The molecule has 0 saturated heterocycles. The minimum atomic E-state index is -3.92. The number of para-hydroxylation sites is 1. The van der Waals surface area contributed by atoms with Crippen molar-refractivity contribution < 1.29 is 13.2 Å². The summed E-state index contributed by atoms with van der Waals surface area (Å²) in [6.45, 7) is 1.28. The second kappa shape index (κ2) is 10.8. The first-order valence-corrected chi connectivity index (χ1v) is 12.4. The summed E-state index contributed by atoms with van der Waals surface area (Å²) in [7, 11) is -3.92. The lowest BCUT2D eigenvalue weighted by molar-refractivity contribution is 0.0953. The fourth-order valence-corrected chi connectivity index (χ4v) is 5.12. The Morgan fingerprint density at radius 3 is 2.29 bits per heavy atom. The van der Waals surface area contributed by atoms with E-state index < -0.39 is 10.0 Å². The summed E-state index contributed by atoms with van der Waals surface area (Å²) >= 11 is 0. The molecule has 1 heterocycles. The zero-order valence-electron chi connectivity index (χ0n) is 18.6. The van der Waals surface area contributed by atoms with Gasteiger partial charge in [-0.25, -0.2) is 13.4 Å². The Morgan fingerprint density at radius 2 is 1.59 bits per heavy atom. The Morgan fingerprint density at radius 1 is 0.912 bits per heavy atom. The van der Waals surface area contributed by atoms with E-state index in [1.807, 2.05) is 41.1 Å². The number of benzene rings is 3. The number of rotatable bonds is 10. The van der Waals surface area contributed by atoms with Gasteiger partial charge in [0.05, 0.1) is 29.0 Å². The molecule has 0 spiro atoms. The van der Waals surface area contributed by atoms with Crippen molar-refractivity contribution in [3.05, 3.63) is 115 Å². The van der Waals surface area contributed by atoms with Crippen LogP contribution >= 0.6 is 0 Å². The third-order valence-electron chi connectivity index (χ3n) is 5.36. The molecule has 0 unspecified atom stereocenters. The minimum Gasteiger partial charge on any atom is -0.352 e. The van der Waals surface area contributed by atoms with Crippen molar-refractivity contribution in [3.63, 3.8) is 0 Å². The van der Waals surface area contributed by atoms with E-state index in [4.69, 9.17) is 0 Å². The molecule has 4 aromatic rings. The number of amides is 1. The molecule has 0 aliphatic heterocycles. The van der Waals surface area contributed by atoms with E-state index >= 15 is 0 Å². The Bertz CT molecular complexity index is 1310. The van der Waals surface area contributed by atoms with Gasteiger partial charge in [-0.1, -0.05) is 60.7 Å². The van der Waals surface area contributed by atoms with Crippen LogP contribution in [0.1, 0.15) is 22.3 Å². The van der Waals surface area contributed by atoms with E-state index in [2.05, 4.69) is 10.3 Å². The van der Waals surface area contributed by atoms with Gasteiger partial charge in [-0.3, -0.25) is 9.10 Å². The van der Waals surface area contributed by atoms with Gasteiger partial charge in [0.25, 0.3) is 15.9 Å². The third kappa shape index (κ3) is 5.52. The van der Waals surface area contributed by atoms with Crippen LogP contribution in [-0.2, 0) is 23.1 Å². The van der Waals surface area contributed by atoms with Crippen molar-refractivity contribution in [2.75, 3.05) is 10.8 Å². The smallest absolute Gasteiger partial charge is 0.264 e. The maximum absolute atomic E-state index is 13.7. The number of aromatic nitrogens is 2. The lowest BCUT2D eigenvalue weighted by atomic mass is 10.1. The highest BCUT2D eigenvalue weighted by Gasteiger charge is 2.28. The highest BCUT2D eigenvalue weighted by molar-refractivity contribution is 7.92. The maximum Gasteiger partial charge on any atom is 0.264 e. The van der Waals surface area contributed by atoms with Crippen molar-refractivity contribution in [2.45, 2.75) is 24.4 Å². The van der Waals surface area contributed by atoms with Crippen LogP contribution in [0.15, 0.2) is 109 Å². The molecule has 8 heteroatoms. The van der Waals surface area contributed by atoms with E-state index in [0.29, 0.717) is 17.8 Å². The number of hydrogen-bond acceptors (Lipinski definition) is 4. The normalized spacial score (nSPS) is 11.2. The van der Waals surface area contributed by atoms with Crippen molar-refractivity contribution in [2.24, 2.45) is 0 Å². The summed E-state index contributed by atoms with van der Waals surface area (Å²) in [4.78, 5) is 17.3. The molecule has 0 atom stereocenters. The molecule has 1 N–H and O–H groups in total. The quantitative estimate of drug-likeness (QED) is 0.351. The second-order valence-electron chi connectivity index (χ2n) is 7.74. The third-order valence-corrected chi connectivity index (χ3v) is 7.13. The Kier molecular flexibility index (Phi) is 7.39. The molecule has 0 radical (unpaired) electrons. The molecule has 0 fully saturated rings. The molecule has 0 saturated carbocycles. The van der Waals surface area contributed by atoms with Crippen LogP contribution in [0.2, 0.25) is 0 Å². The molecule has 34 heavy (non-hydrogen) atoms. The van der Waals surface area contributed by atoms with Gasteiger partial charge >= 0.3 is 0 Å². The van der Waals surface area contributed by atoms with E-state index in [0.717, 1.165) is 18.5 Å².